The lowest BCUT2D eigenvalue weighted by atomic mass is 10.2. The number of nitrogens with one attached hydrogen (secondary N) is 3. The second-order valence-corrected chi connectivity index (χ2v) is 4.87. The van der Waals surface area contributed by atoms with E-state index < -0.39 is 17.6 Å². The molecule has 0 radical (unpaired) electrons. The summed E-state index contributed by atoms with van der Waals surface area (Å²) in [4.78, 5) is 35.0. The number of carbonyl (C=O) groups excluding carboxylic acids is 3. The van der Waals surface area contributed by atoms with Gasteiger partial charge in [0.05, 0.1) is 12.1 Å². The number of anilines is 1. The molecule has 0 bridgehead atoms. The molecule has 3 N–H and O–H groups in total. The number of amides is 3. The summed E-state index contributed by atoms with van der Waals surface area (Å²) in [6.45, 7) is -0.301. The average Bonchev–Trinajstić information content (AvgIpc) is 2.60. The first-order chi connectivity index (χ1) is 11.5. The van der Waals surface area contributed by atoms with Crippen LogP contribution in [0.4, 0.5) is 10.1 Å². The highest BCUT2D eigenvalue weighted by Gasteiger charge is 2.12. The molecule has 0 saturated heterocycles. The number of rotatable bonds is 5. The van der Waals surface area contributed by atoms with Gasteiger partial charge in [-0.15, -0.1) is 0 Å². The highest BCUT2D eigenvalue weighted by Crippen LogP contribution is 2.09. The SMILES string of the molecule is CNC(=O)c1ccc(NC(=O)CNC(=O)c2ccccc2F)cc1. The van der Waals surface area contributed by atoms with Gasteiger partial charge in [-0.3, -0.25) is 14.4 Å². The molecule has 124 valence electrons. The molecule has 0 aliphatic carbocycles. The lowest BCUT2D eigenvalue weighted by Crippen LogP contribution is -2.33. The van der Waals surface area contributed by atoms with Crippen molar-refractivity contribution < 1.29 is 18.8 Å². The maximum absolute atomic E-state index is 13.4. The van der Waals surface area contributed by atoms with Crippen LogP contribution in [-0.4, -0.2) is 31.3 Å². The predicted octanol–water partition coefficient (Wildman–Crippen LogP) is 1.55. The maximum atomic E-state index is 13.4. The summed E-state index contributed by atoms with van der Waals surface area (Å²) in [7, 11) is 1.52. The van der Waals surface area contributed by atoms with Crippen molar-refractivity contribution in [2.75, 3.05) is 18.9 Å². The maximum Gasteiger partial charge on any atom is 0.254 e. The summed E-state index contributed by atoms with van der Waals surface area (Å²) in [6, 6.07) is 11.8. The van der Waals surface area contributed by atoms with E-state index in [1.165, 1.54) is 31.3 Å². The Morgan fingerprint density at radius 3 is 2.25 bits per heavy atom. The molecule has 24 heavy (non-hydrogen) atoms. The summed E-state index contributed by atoms with van der Waals surface area (Å²) in [5.41, 5.74) is 0.816. The zero-order valence-corrected chi connectivity index (χ0v) is 12.9. The molecule has 0 heterocycles. The molecule has 0 aliphatic rings. The molecule has 0 aromatic heterocycles. The van der Waals surface area contributed by atoms with Crippen LogP contribution in [0.15, 0.2) is 48.5 Å². The number of hydrogen-bond donors (Lipinski definition) is 3. The third-order valence-corrected chi connectivity index (χ3v) is 3.19. The second kappa shape index (κ2) is 7.87. The van der Waals surface area contributed by atoms with Crippen molar-refractivity contribution in [2.45, 2.75) is 0 Å². The Kier molecular flexibility index (Phi) is 5.62. The molecule has 3 amide bonds. The molecule has 0 aliphatic heterocycles. The summed E-state index contributed by atoms with van der Waals surface area (Å²) in [6.07, 6.45) is 0. The van der Waals surface area contributed by atoms with E-state index in [1.807, 2.05) is 0 Å². The van der Waals surface area contributed by atoms with Gasteiger partial charge in [-0.1, -0.05) is 12.1 Å². The molecule has 0 fully saturated rings. The molecular formula is C17H16FN3O3. The van der Waals surface area contributed by atoms with E-state index in [0.29, 0.717) is 11.3 Å². The Bertz CT molecular complexity index is 760. The first-order valence-corrected chi connectivity index (χ1v) is 7.16. The normalized spacial score (nSPS) is 9.92. The molecule has 0 unspecified atom stereocenters. The quantitative estimate of drug-likeness (QED) is 0.778. The fourth-order valence-corrected chi connectivity index (χ4v) is 1.96. The summed E-state index contributed by atoms with van der Waals surface area (Å²) in [5.74, 6) is -2.02. The topological polar surface area (TPSA) is 87.3 Å². The third-order valence-electron chi connectivity index (χ3n) is 3.19. The van der Waals surface area contributed by atoms with Crippen LogP contribution in [0.5, 0.6) is 0 Å². The van der Waals surface area contributed by atoms with Crippen LogP contribution in [0.25, 0.3) is 0 Å². The van der Waals surface area contributed by atoms with Crippen molar-refractivity contribution in [1.29, 1.82) is 0 Å². The Labute approximate surface area is 138 Å². The van der Waals surface area contributed by atoms with E-state index in [1.54, 1.807) is 24.3 Å². The lowest BCUT2D eigenvalue weighted by molar-refractivity contribution is -0.115. The molecule has 2 rings (SSSR count). The van der Waals surface area contributed by atoms with Gasteiger partial charge < -0.3 is 16.0 Å². The van der Waals surface area contributed by atoms with E-state index in [-0.39, 0.29) is 18.0 Å². The summed E-state index contributed by atoms with van der Waals surface area (Å²) >= 11 is 0. The fraction of sp³-hybridized carbons (Fsp3) is 0.118. The van der Waals surface area contributed by atoms with Crippen molar-refractivity contribution >= 4 is 23.4 Å². The van der Waals surface area contributed by atoms with Crippen LogP contribution in [0.1, 0.15) is 20.7 Å². The Hall–Kier alpha value is -3.22. The molecule has 6 nitrogen and oxygen atoms in total. The number of halogens is 1. The molecular weight excluding hydrogens is 313 g/mol. The van der Waals surface area contributed by atoms with E-state index in [9.17, 15) is 18.8 Å². The fourth-order valence-electron chi connectivity index (χ4n) is 1.96. The molecule has 2 aromatic carbocycles. The van der Waals surface area contributed by atoms with Crippen molar-refractivity contribution in [3.63, 3.8) is 0 Å². The van der Waals surface area contributed by atoms with Gasteiger partial charge in [-0.2, -0.15) is 0 Å². The van der Waals surface area contributed by atoms with Gasteiger partial charge in [0.2, 0.25) is 5.91 Å². The van der Waals surface area contributed by atoms with Gasteiger partial charge in [0.1, 0.15) is 5.82 Å². The minimum atomic E-state index is -0.668. The minimum Gasteiger partial charge on any atom is -0.355 e. The van der Waals surface area contributed by atoms with Gasteiger partial charge >= 0.3 is 0 Å². The Morgan fingerprint density at radius 2 is 1.62 bits per heavy atom. The Morgan fingerprint density at radius 1 is 0.958 bits per heavy atom. The molecule has 0 atom stereocenters. The number of benzene rings is 2. The lowest BCUT2D eigenvalue weighted by Gasteiger charge is -2.08. The van der Waals surface area contributed by atoms with Crippen LogP contribution < -0.4 is 16.0 Å². The first kappa shape index (κ1) is 17.1. The van der Waals surface area contributed by atoms with Crippen molar-refractivity contribution in [1.82, 2.24) is 10.6 Å². The molecule has 2 aromatic rings. The summed E-state index contributed by atoms with van der Waals surface area (Å²) < 4.78 is 13.4. The van der Waals surface area contributed by atoms with Crippen LogP contribution in [0.3, 0.4) is 0 Å². The van der Waals surface area contributed by atoms with E-state index in [4.69, 9.17) is 0 Å². The van der Waals surface area contributed by atoms with Crippen molar-refractivity contribution in [2.24, 2.45) is 0 Å². The smallest absolute Gasteiger partial charge is 0.254 e. The zero-order valence-electron chi connectivity index (χ0n) is 12.9. The van der Waals surface area contributed by atoms with Gasteiger partial charge in [0, 0.05) is 18.3 Å². The van der Waals surface area contributed by atoms with E-state index in [0.717, 1.165) is 0 Å². The van der Waals surface area contributed by atoms with Crippen molar-refractivity contribution in [3.05, 3.63) is 65.5 Å². The standard InChI is InChI=1S/C17H16FN3O3/c1-19-16(23)11-6-8-12(9-7-11)21-15(22)10-20-17(24)13-4-2-3-5-14(13)18/h2-9H,10H2,1H3,(H,19,23)(H,20,24)(H,21,22). The monoisotopic (exact) mass is 329 g/mol. The predicted molar refractivity (Wildman–Crippen MR) is 87.2 cm³/mol. The number of hydrogen-bond acceptors (Lipinski definition) is 3. The largest absolute Gasteiger partial charge is 0.355 e. The Balaban J connectivity index is 1.88. The number of carbonyl (C=O) groups is 3. The van der Waals surface area contributed by atoms with Crippen molar-refractivity contribution in [3.8, 4) is 0 Å². The highest BCUT2D eigenvalue weighted by atomic mass is 19.1. The third kappa shape index (κ3) is 4.39. The summed E-state index contributed by atoms with van der Waals surface area (Å²) in [5, 5.41) is 7.40. The van der Waals surface area contributed by atoms with Gasteiger partial charge in [0.15, 0.2) is 0 Å². The van der Waals surface area contributed by atoms with Gasteiger partial charge in [-0.25, -0.2) is 4.39 Å². The van der Waals surface area contributed by atoms with Gasteiger partial charge in [-0.05, 0) is 36.4 Å². The minimum absolute atomic E-state index is 0.125. The molecule has 7 heteroatoms. The molecule has 0 spiro atoms. The van der Waals surface area contributed by atoms with Gasteiger partial charge in [0.25, 0.3) is 11.8 Å². The highest BCUT2D eigenvalue weighted by molar-refractivity contribution is 6.00. The zero-order chi connectivity index (χ0) is 17.5. The van der Waals surface area contributed by atoms with E-state index in [2.05, 4.69) is 16.0 Å². The van der Waals surface area contributed by atoms with Crippen LogP contribution in [-0.2, 0) is 4.79 Å². The average molecular weight is 329 g/mol. The van der Waals surface area contributed by atoms with Crippen LogP contribution in [0, 0.1) is 5.82 Å². The first-order valence-electron chi connectivity index (χ1n) is 7.16. The van der Waals surface area contributed by atoms with Crippen LogP contribution >= 0.6 is 0 Å². The van der Waals surface area contributed by atoms with Crippen LogP contribution in [0.2, 0.25) is 0 Å². The van der Waals surface area contributed by atoms with E-state index >= 15 is 0 Å². The molecule has 0 saturated carbocycles. The second-order valence-electron chi connectivity index (χ2n) is 4.87.